The van der Waals surface area contributed by atoms with Gasteiger partial charge in [-0.1, -0.05) is 24.3 Å². The van der Waals surface area contributed by atoms with E-state index in [0.717, 1.165) is 22.2 Å². The monoisotopic (exact) mass is 479 g/mol. The van der Waals surface area contributed by atoms with Crippen LogP contribution in [0.25, 0.3) is 22.2 Å². The fraction of sp³-hybridized carbons (Fsp3) is 0.148. The van der Waals surface area contributed by atoms with Crippen LogP contribution >= 0.6 is 0 Å². The molecule has 0 bridgehead atoms. The zero-order chi connectivity index (χ0) is 25.2. The molecule has 0 saturated carbocycles. The maximum atomic E-state index is 13.4. The summed E-state index contributed by atoms with van der Waals surface area (Å²) < 4.78 is 3.40. The first-order valence-corrected chi connectivity index (χ1v) is 11.6. The number of fused-ring (bicyclic) bond motifs is 1. The normalized spacial score (nSPS) is 11.0. The summed E-state index contributed by atoms with van der Waals surface area (Å²) in [6.07, 6.45) is 3.35. The quantitative estimate of drug-likeness (QED) is 0.368. The van der Waals surface area contributed by atoms with Gasteiger partial charge in [-0.15, -0.1) is 0 Å². The van der Waals surface area contributed by atoms with Crippen molar-refractivity contribution in [2.24, 2.45) is 7.05 Å². The van der Waals surface area contributed by atoms with Crippen LogP contribution in [0.3, 0.4) is 0 Å². The van der Waals surface area contributed by atoms with E-state index in [2.05, 4.69) is 20.8 Å². The van der Waals surface area contributed by atoms with Crippen LogP contribution in [-0.2, 0) is 13.6 Å². The molecular formula is C27H25N7O2. The topological polar surface area (TPSA) is 107 Å². The second-order valence-corrected chi connectivity index (χ2v) is 8.36. The molecule has 2 aromatic carbocycles. The average Bonchev–Trinajstić information content (AvgIpc) is 3.50. The minimum atomic E-state index is -0.274. The number of anilines is 2. The number of carbonyl (C=O) groups is 2. The summed E-state index contributed by atoms with van der Waals surface area (Å²) in [5.74, 6) is -0.543. The minimum absolute atomic E-state index is 0.269. The molecule has 0 saturated heterocycles. The zero-order valence-corrected chi connectivity index (χ0v) is 20.2. The van der Waals surface area contributed by atoms with Gasteiger partial charge >= 0.3 is 0 Å². The molecular weight excluding hydrogens is 454 g/mol. The molecule has 0 aliphatic heterocycles. The van der Waals surface area contributed by atoms with Crippen molar-refractivity contribution in [3.63, 3.8) is 0 Å². The average molecular weight is 480 g/mol. The highest BCUT2D eigenvalue weighted by atomic mass is 16.2. The van der Waals surface area contributed by atoms with Crippen molar-refractivity contribution in [1.82, 2.24) is 24.5 Å². The molecule has 0 spiro atoms. The number of carbonyl (C=O) groups excluding carboxylic acids is 2. The van der Waals surface area contributed by atoms with E-state index in [1.807, 2.05) is 45.2 Å². The van der Waals surface area contributed by atoms with E-state index in [1.165, 1.54) is 0 Å². The first-order valence-electron chi connectivity index (χ1n) is 11.6. The highest BCUT2D eigenvalue weighted by Crippen LogP contribution is 2.27. The van der Waals surface area contributed by atoms with Gasteiger partial charge in [-0.05, 0) is 50.2 Å². The lowest BCUT2D eigenvalue weighted by Gasteiger charge is -2.12. The summed E-state index contributed by atoms with van der Waals surface area (Å²) in [4.78, 5) is 30.9. The molecule has 9 heteroatoms. The Balaban J connectivity index is 1.44. The van der Waals surface area contributed by atoms with Crippen molar-refractivity contribution in [1.29, 1.82) is 0 Å². The van der Waals surface area contributed by atoms with Crippen LogP contribution in [0.1, 0.15) is 33.5 Å². The van der Waals surface area contributed by atoms with Crippen molar-refractivity contribution in [3.8, 4) is 11.3 Å². The largest absolute Gasteiger partial charge is 0.322 e. The van der Waals surface area contributed by atoms with E-state index in [0.29, 0.717) is 34.9 Å². The Hall–Kier alpha value is -4.79. The van der Waals surface area contributed by atoms with Gasteiger partial charge < -0.3 is 10.6 Å². The number of benzene rings is 2. The molecule has 2 N–H and O–H groups in total. The van der Waals surface area contributed by atoms with Crippen LogP contribution < -0.4 is 10.6 Å². The number of nitrogens with zero attached hydrogens (tertiary/aromatic N) is 5. The number of aromatic nitrogens is 5. The van der Waals surface area contributed by atoms with E-state index in [-0.39, 0.29) is 11.8 Å². The molecule has 180 valence electrons. The number of amides is 2. The second kappa shape index (κ2) is 9.46. The van der Waals surface area contributed by atoms with Gasteiger partial charge in [0.1, 0.15) is 5.69 Å². The molecule has 0 radical (unpaired) electrons. The van der Waals surface area contributed by atoms with Gasteiger partial charge in [-0.2, -0.15) is 10.2 Å². The summed E-state index contributed by atoms with van der Waals surface area (Å²) in [7, 11) is 1.87. The van der Waals surface area contributed by atoms with Crippen molar-refractivity contribution in [2.45, 2.75) is 20.4 Å². The van der Waals surface area contributed by atoms with Crippen LogP contribution in [0.4, 0.5) is 11.4 Å². The number of rotatable bonds is 6. The van der Waals surface area contributed by atoms with E-state index in [1.54, 1.807) is 58.2 Å². The molecule has 0 fully saturated rings. The third-order valence-electron chi connectivity index (χ3n) is 6.10. The van der Waals surface area contributed by atoms with E-state index >= 15 is 0 Å². The summed E-state index contributed by atoms with van der Waals surface area (Å²) in [6, 6.07) is 18.0. The molecule has 5 rings (SSSR count). The Kier molecular flexibility index (Phi) is 6.03. The van der Waals surface area contributed by atoms with Crippen molar-refractivity contribution in [3.05, 3.63) is 90.0 Å². The van der Waals surface area contributed by atoms with Gasteiger partial charge in [0.15, 0.2) is 0 Å². The van der Waals surface area contributed by atoms with Crippen LogP contribution in [-0.4, -0.2) is 36.4 Å². The molecule has 5 aromatic rings. The fourth-order valence-corrected chi connectivity index (χ4v) is 4.10. The lowest BCUT2D eigenvalue weighted by Crippen LogP contribution is -2.17. The lowest BCUT2D eigenvalue weighted by atomic mass is 10.0. The Labute approximate surface area is 207 Å². The molecule has 2 amide bonds. The van der Waals surface area contributed by atoms with Gasteiger partial charge in [0.05, 0.1) is 23.0 Å². The highest BCUT2D eigenvalue weighted by Gasteiger charge is 2.17. The maximum Gasteiger partial charge on any atom is 0.273 e. The van der Waals surface area contributed by atoms with Crippen molar-refractivity contribution < 1.29 is 9.59 Å². The second-order valence-electron chi connectivity index (χ2n) is 8.36. The zero-order valence-electron chi connectivity index (χ0n) is 20.2. The predicted octanol–water partition coefficient (Wildman–Crippen LogP) is 4.66. The summed E-state index contributed by atoms with van der Waals surface area (Å²) in [6.45, 7) is 4.47. The Morgan fingerprint density at radius 3 is 2.39 bits per heavy atom. The number of aryl methyl sites for hydroxylation is 2. The first kappa shape index (κ1) is 23.0. The van der Waals surface area contributed by atoms with E-state index < -0.39 is 0 Å². The van der Waals surface area contributed by atoms with Crippen LogP contribution in [0.15, 0.2) is 73.1 Å². The van der Waals surface area contributed by atoms with Gasteiger partial charge in [0.25, 0.3) is 11.8 Å². The first-order chi connectivity index (χ1) is 17.4. The molecule has 3 heterocycles. The summed E-state index contributed by atoms with van der Waals surface area (Å²) in [5, 5.41) is 15.0. The third kappa shape index (κ3) is 4.34. The number of hydrogen-bond acceptors (Lipinski definition) is 5. The van der Waals surface area contributed by atoms with E-state index in [9.17, 15) is 9.59 Å². The predicted molar refractivity (Wildman–Crippen MR) is 139 cm³/mol. The van der Waals surface area contributed by atoms with Gasteiger partial charge in [0, 0.05) is 47.8 Å². The smallest absolute Gasteiger partial charge is 0.273 e. The Morgan fingerprint density at radius 1 is 0.917 bits per heavy atom. The number of hydrogen-bond donors (Lipinski definition) is 2. The number of para-hydroxylation sites is 1. The molecule has 36 heavy (non-hydrogen) atoms. The van der Waals surface area contributed by atoms with Gasteiger partial charge in [-0.3, -0.25) is 19.0 Å². The molecule has 0 aliphatic carbocycles. The lowest BCUT2D eigenvalue weighted by molar-refractivity contribution is 0.101. The minimum Gasteiger partial charge on any atom is -0.322 e. The molecule has 0 unspecified atom stereocenters. The van der Waals surface area contributed by atoms with Crippen molar-refractivity contribution in [2.75, 3.05) is 10.6 Å². The van der Waals surface area contributed by atoms with Crippen LogP contribution in [0.5, 0.6) is 0 Å². The SMILES string of the molecule is CCn1nccc1C(=O)Nc1cccc(NC(=O)c2cc(-c3cnn(C)c3C)nc3ccccc23)c1. The Bertz CT molecular complexity index is 1600. The molecule has 3 aromatic heterocycles. The number of pyridine rings is 1. The third-order valence-corrected chi connectivity index (χ3v) is 6.10. The number of nitrogens with one attached hydrogen (secondary N) is 2. The van der Waals surface area contributed by atoms with Crippen molar-refractivity contribution >= 4 is 34.1 Å². The maximum absolute atomic E-state index is 13.4. The van der Waals surface area contributed by atoms with Crippen LogP contribution in [0.2, 0.25) is 0 Å². The standard InChI is InChI=1S/C27H25N7O2/c1-4-34-25(12-13-28-34)27(36)31-19-9-7-8-18(14-19)30-26(35)21-15-24(22-16-29-33(3)17(22)2)32-23-11-6-5-10-20(21)23/h5-16H,4H2,1-3H3,(H,30,35)(H,31,36). The summed E-state index contributed by atoms with van der Waals surface area (Å²) in [5.41, 5.74) is 5.31. The Morgan fingerprint density at radius 2 is 1.67 bits per heavy atom. The molecule has 0 atom stereocenters. The van der Waals surface area contributed by atoms with Gasteiger partial charge in [0.2, 0.25) is 0 Å². The van der Waals surface area contributed by atoms with Gasteiger partial charge in [-0.25, -0.2) is 4.98 Å². The molecule has 0 aliphatic rings. The molecule has 9 nitrogen and oxygen atoms in total. The fourth-order valence-electron chi connectivity index (χ4n) is 4.10. The summed E-state index contributed by atoms with van der Waals surface area (Å²) >= 11 is 0. The highest BCUT2D eigenvalue weighted by molar-refractivity contribution is 6.13. The van der Waals surface area contributed by atoms with E-state index in [4.69, 9.17) is 4.98 Å². The van der Waals surface area contributed by atoms with Crippen LogP contribution in [0, 0.1) is 6.92 Å².